The molecule has 0 aliphatic heterocycles. The van der Waals surface area contributed by atoms with Crippen LogP contribution in [0.2, 0.25) is 0 Å². The van der Waals surface area contributed by atoms with Gasteiger partial charge in [-0.2, -0.15) is 0 Å². The van der Waals surface area contributed by atoms with Gasteiger partial charge in [-0.1, -0.05) is 26.2 Å². The number of unbranched alkanes of at least 4 members (excludes halogenated alkanes) is 1. The highest BCUT2D eigenvalue weighted by Gasteiger charge is 2.11. The molecular formula is C14H25N. The van der Waals surface area contributed by atoms with Gasteiger partial charge in [0.25, 0.3) is 0 Å². The Morgan fingerprint density at radius 3 is 2.67 bits per heavy atom. The maximum Gasteiger partial charge on any atom is 0.0101 e. The molecule has 1 saturated carbocycles. The van der Waals surface area contributed by atoms with Gasteiger partial charge in [0.2, 0.25) is 0 Å². The Kier molecular flexibility index (Phi) is 7.38. The highest BCUT2D eigenvalue weighted by atomic mass is 14.8. The molecule has 1 rings (SSSR count). The van der Waals surface area contributed by atoms with Crippen molar-refractivity contribution in [3.8, 4) is 11.8 Å². The Bertz CT molecular complexity index is 193. The van der Waals surface area contributed by atoms with Crippen LogP contribution in [0.4, 0.5) is 0 Å². The molecule has 0 aromatic heterocycles. The maximum atomic E-state index is 3.56. The Morgan fingerprint density at radius 1 is 1.13 bits per heavy atom. The maximum absolute atomic E-state index is 3.56. The zero-order valence-corrected chi connectivity index (χ0v) is 10.1. The van der Waals surface area contributed by atoms with Crippen LogP contribution in [0.1, 0.15) is 58.3 Å². The van der Waals surface area contributed by atoms with Crippen molar-refractivity contribution in [3.63, 3.8) is 0 Å². The minimum atomic E-state index is 0.959. The summed E-state index contributed by atoms with van der Waals surface area (Å²) in [5.74, 6) is 7.25. The summed E-state index contributed by atoms with van der Waals surface area (Å²) in [6, 6.07) is 0. The van der Waals surface area contributed by atoms with Crippen LogP contribution >= 0.6 is 0 Å². The largest absolute Gasteiger partial charge is 0.316 e. The van der Waals surface area contributed by atoms with E-state index in [1.165, 1.54) is 45.1 Å². The van der Waals surface area contributed by atoms with Crippen LogP contribution in [-0.2, 0) is 0 Å². The zero-order valence-electron chi connectivity index (χ0n) is 10.1. The zero-order chi connectivity index (χ0) is 10.8. The number of hydrogen-bond acceptors (Lipinski definition) is 1. The number of rotatable bonds is 5. The van der Waals surface area contributed by atoms with Gasteiger partial charge in [-0.15, -0.1) is 11.8 Å². The topological polar surface area (TPSA) is 12.0 Å². The average Bonchev–Trinajstić information content (AvgIpc) is 2.29. The first-order chi connectivity index (χ1) is 7.43. The van der Waals surface area contributed by atoms with E-state index >= 15 is 0 Å². The fourth-order valence-corrected chi connectivity index (χ4v) is 2.21. The molecule has 0 aromatic carbocycles. The summed E-state index contributed by atoms with van der Waals surface area (Å²) < 4.78 is 0. The second kappa shape index (κ2) is 8.80. The van der Waals surface area contributed by atoms with Crippen LogP contribution in [-0.4, -0.2) is 13.1 Å². The number of nitrogens with one attached hydrogen (secondary N) is 1. The van der Waals surface area contributed by atoms with Gasteiger partial charge in [0.05, 0.1) is 0 Å². The highest BCUT2D eigenvalue weighted by molar-refractivity contribution is 4.97. The van der Waals surface area contributed by atoms with Crippen LogP contribution in [0.5, 0.6) is 0 Å². The first kappa shape index (κ1) is 12.6. The van der Waals surface area contributed by atoms with Crippen molar-refractivity contribution >= 4 is 0 Å². The predicted molar refractivity (Wildman–Crippen MR) is 66.7 cm³/mol. The smallest absolute Gasteiger partial charge is 0.0101 e. The molecule has 0 aromatic rings. The summed E-state index contributed by atoms with van der Waals surface area (Å²) >= 11 is 0. The summed E-state index contributed by atoms with van der Waals surface area (Å²) in [5, 5.41) is 3.56. The molecule has 0 unspecified atom stereocenters. The van der Waals surface area contributed by atoms with Gasteiger partial charge in [-0.25, -0.2) is 0 Å². The van der Waals surface area contributed by atoms with Crippen LogP contribution in [0.3, 0.4) is 0 Å². The molecule has 0 amide bonds. The minimum absolute atomic E-state index is 0.959. The van der Waals surface area contributed by atoms with Crippen molar-refractivity contribution in [1.82, 2.24) is 5.32 Å². The molecule has 1 aliphatic rings. The fourth-order valence-electron chi connectivity index (χ4n) is 2.21. The Labute approximate surface area is 95.0 Å². The van der Waals surface area contributed by atoms with Crippen molar-refractivity contribution in [1.29, 1.82) is 0 Å². The lowest BCUT2D eigenvalue weighted by atomic mass is 9.89. The third-order valence-electron chi connectivity index (χ3n) is 3.11. The normalized spacial score (nSPS) is 17.1. The van der Waals surface area contributed by atoms with Crippen molar-refractivity contribution in [3.05, 3.63) is 0 Å². The Hall–Kier alpha value is -0.480. The monoisotopic (exact) mass is 207 g/mol. The molecule has 0 spiro atoms. The Balaban J connectivity index is 1.87. The summed E-state index contributed by atoms with van der Waals surface area (Å²) in [6.07, 6.45) is 10.5. The third kappa shape index (κ3) is 6.57. The van der Waals surface area contributed by atoms with Gasteiger partial charge in [0.15, 0.2) is 0 Å². The fraction of sp³-hybridized carbons (Fsp3) is 0.857. The molecule has 1 heteroatoms. The van der Waals surface area contributed by atoms with E-state index in [0.717, 1.165) is 25.3 Å². The first-order valence-corrected chi connectivity index (χ1v) is 6.60. The first-order valence-electron chi connectivity index (χ1n) is 6.60. The van der Waals surface area contributed by atoms with Gasteiger partial charge in [-0.3, -0.25) is 0 Å². The van der Waals surface area contributed by atoms with Crippen LogP contribution in [0.15, 0.2) is 0 Å². The molecule has 0 saturated heterocycles. The molecule has 0 radical (unpaired) electrons. The molecule has 0 bridgehead atoms. The minimum Gasteiger partial charge on any atom is -0.316 e. The van der Waals surface area contributed by atoms with E-state index < -0.39 is 0 Å². The molecule has 15 heavy (non-hydrogen) atoms. The second-order valence-electron chi connectivity index (χ2n) is 4.52. The predicted octanol–water partition coefficient (Wildman–Crippen LogP) is 3.35. The van der Waals surface area contributed by atoms with Crippen LogP contribution in [0.25, 0.3) is 0 Å². The van der Waals surface area contributed by atoms with Gasteiger partial charge < -0.3 is 5.32 Å². The van der Waals surface area contributed by atoms with Gasteiger partial charge in [-0.05, 0) is 38.3 Å². The third-order valence-corrected chi connectivity index (χ3v) is 3.11. The molecule has 1 fully saturated rings. The average molecular weight is 207 g/mol. The lowest BCUT2D eigenvalue weighted by molar-refractivity contribution is 0.342. The Morgan fingerprint density at radius 2 is 1.93 bits per heavy atom. The van der Waals surface area contributed by atoms with Gasteiger partial charge in [0, 0.05) is 12.8 Å². The van der Waals surface area contributed by atoms with E-state index in [1.807, 2.05) is 0 Å². The quantitative estimate of drug-likeness (QED) is 0.538. The van der Waals surface area contributed by atoms with Crippen molar-refractivity contribution in [2.45, 2.75) is 58.3 Å². The summed E-state index contributed by atoms with van der Waals surface area (Å²) in [5.41, 5.74) is 0. The molecule has 0 atom stereocenters. The number of hydrogen-bond donors (Lipinski definition) is 1. The highest BCUT2D eigenvalue weighted by Crippen LogP contribution is 2.22. The van der Waals surface area contributed by atoms with Crippen molar-refractivity contribution in [2.24, 2.45) is 5.92 Å². The lowest BCUT2D eigenvalue weighted by Gasteiger charge is -2.21. The lowest BCUT2D eigenvalue weighted by Crippen LogP contribution is -2.25. The van der Waals surface area contributed by atoms with E-state index in [0.29, 0.717) is 0 Å². The van der Waals surface area contributed by atoms with Crippen LogP contribution < -0.4 is 5.32 Å². The van der Waals surface area contributed by atoms with Gasteiger partial charge >= 0.3 is 0 Å². The van der Waals surface area contributed by atoms with Crippen molar-refractivity contribution < 1.29 is 0 Å². The summed E-state index contributed by atoms with van der Waals surface area (Å²) in [4.78, 5) is 0. The standard InChI is InChI=1S/C14H25N/c1-2-3-4-5-9-12-15-13-14-10-7-6-8-11-14/h14-15H,2,5-13H2,1H3. The molecular weight excluding hydrogens is 182 g/mol. The van der Waals surface area contributed by atoms with E-state index in [2.05, 4.69) is 24.1 Å². The van der Waals surface area contributed by atoms with E-state index in [4.69, 9.17) is 0 Å². The van der Waals surface area contributed by atoms with E-state index in [1.54, 1.807) is 0 Å². The van der Waals surface area contributed by atoms with Crippen LogP contribution in [0, 0.1) is 17.8 Å². The summed E-state index contributed by atoms with van der Waals surface area (Å²) in [7, 11) is 0. The molecule has 1 N–H and O–H groups in total. The van der Waals surface area contributed by atoms with E-state index in [-0.39, 0.29) is 0 Å². The van der Waals surface area contributed by atoms with Gasteiger partial charge in [0.1, 0.15) is 0 Å². The van der Waals surface area contributed by atoms with E-state index in [9.17, 15) is 0 Å². The summed E-state index contributed by atoms with van der Waals surface area (Å²) in [6.45, 7) is 4.49. The molecule has 1 aliphatic carbocycles. The molecule has 86 valence electrons. The SMILES string of the molecule is CCC#CCCCNCC1CCCCC1. The molecule has 0 heterocycles. The second-order valence-corrected chi connectivity index (χ2v) is 4.52. The molecule has 1 nitrogen and oxygen atoms in total. The van der Waals surface area contributed by atoms with Crippen molar-refractivity contribution in [2.75, 3.05) is 13.1 Å².